The first-order valence-corrected chi connectivity index (χ1v) is 7.30. The van der Waals surface area contributed by atoms with Crippen molar-refractivity contribution in [1.82, 2.24) is 9.47 Å². The highest BCUT2D eigenvalue weighted by atomic mass is 79.9. The summed E-state index contributed by atoms with van der Waals surface area (Å²) in [5.41, 5.74) is 1.89. The predicted octanol–water partition coefficient (Wildman–Crippen LogP) is 3.45. The Hall–Kier alpha value is -1.62. The normalized spacial score (nSPS) is 18.8. The van der Waals surface area contributed by atoms with Crippen LogP contribution in [0.5, 0.6) is 0 Å². The van der Waals surface area contributed by atoms with Gasteiger partial charge in [0.15, 0.2) is 5.95 Å². The first-order valence-electron chi connectivity index (χ1n) is 6.50. The first kappa shape index (κ1) is 12.1. The Bertz CT molecular complexity index is 748. The molecule has 4 rings (SSSR count). The lowest BCUT2D eigenvalue weighted by Gasteiger charge is -2.27. The van der Waals surface area contributed by atoms with Gasteiger partial charge in [-0.1, -0.05) is 22.0 Å². The second-order valence-corrected chi connectivity index (χ2v) is 6.35. The van der Waals surface area contributed by atoms with E-state index in [0.29, 0.717) is 5.69 Å². The molecule has 5 heteroatoms. The van der Waals surface area contributed by atoms with Crippen LogP contribution in [0.3, 0.4) is 0 Å². The van der Waals surface area contributed by atoms with Crippen molar-refractivity contribution in [3.05, 3.63) is 52.0 Å². The van der Waals surface area contributed by atoms with E-state index in [-0.39, 0.29) is 11.4 Å². The Kier molecular flexibility index (Phi) is 2.26. The topological polar surface area (TPSA) is 25.2 Å². The van der Waals surface area contributed by atoms with Gasteiger partial charge in [-0.3, -0.25) is 9.36 Å². The van der Waals surface area contributed by atoms with Crippen LogP contribution in [-0.2, 0) is 5.54 Å². The molecule has 3 nitrogen and oxygen atoms in total. The number of hydrogen-bond donors (Lipinski definition) is 0. The molecule has 1 spiro atoms. The van der Waals surface area contributed by atoms with Crippen LogP contribution in [0.4, 0.5) is 4.39 Å². The standard InChI is InChI=1S/C15H12BrFN2O/c1-18-14(20)11-4-5-13(17)19(11)12-8-9(16)2-3-10(12)15(18)6-7-15/h2-5,8H,6-7H2,1H3. The zero-order valence-corrected chi connectivity index (χ0v) is 12.4. The van der Waals surface area contributed by atoms with Crippen LogP contribution in [0.2, 0.25) is 0 Å². The van der Waals surface area contributed by atoms with Gasteiger partial charge in [-0.05, 0) is 37.1 Å². The average Bonchev–Trinajstić information content (AvgIpc) is 3.15. The van der Waals surface area contributed by atoms with Crippen molar-refractivity contribution in [3.63, 3.8) is 0 Å². The Morgan fingerprint density at radius 3 is 2.70 bits per heavy atom. The molecule has 20 heavy (non-hydrogen) atoms. The molecule has 0 saturated heterocycles. The van der Waals surface area contributed by atoms with Gasteiger partial charge in [0.25, 0.3) is 5.91 Å². The number of rotatable bonds is 0. The molecule has 2 aromatic rings. The van der Waals surface area contributed by atoms with E-state index in [1.54, 1.807) is 11.0 Å². The lowest BCUT2D eigenvalue weighted by Crippen LogP contribution is -2.36. The number of aromatic nitrogens is 1. The lowest BCUT2D eigenvalue weighted by molar-refractivity contribution is 0.0704. The molecule has 2 heterocycles. The molecule has 1 amide bonds. The van der Waals surface area contributed by atoms with Gasteiger partial charge in [-0.25, -0.2) is 0 Å². The van der Waals surface area contributed by atoms with Gasteiger partial charge in [-0.2, -0.15) is 4.39 Å². The molecular weight excluding hydrogens is 323 g/mol. The molecule has 1 aliphatic heterocycles. The van der Waals surface area contributed by atoms with Crippen molar-refractivity contribution in [1.29, 1.82) is 0 Å². The Balaban J connectivity index is 2.12. The number of nitrogens with zero attached hydrogens (tertiary/aromatic N) is 2. The summed E-state index contributed by atoms with van der Waals surface area (Å²) < 4.78 is 16.5. The number of hydrogen-bond acceptors (Lipinski definition) is 1. The summed E-state index contributed by atoms with van der Waals surface area (Å²) in [4.78, 5) is 14.3. The first-order chi connectivity index (χ1) is 9.54. The fraction of sp³-hybridized carbons (Fsp3) is 0.267. The summed E-state index contributed by atoms with van der Waals surface area (Å²) >= 11 is 3.43. The zero-order chi connectivity index (χ0) is 14.1. The summed E-state index contributed by atoms with van der Waals surface area (Å²) in [6.45, 7) is 0. The second kappa shape index (κ2) is 3.73. The largest absolute Gasteiger partial charge is 0.331 e. The van der Waals surface area contributed by atoms with E-state index in [1.807, 2.05) is 25.2 Å². The van der Waals surface area contributed by atoms with Gasteiger partial charge in [0.2, 0.25) is 0 Å². The fourth-order valence-electron chi connectivity index (χ4n) is 3.18. The molecule has 1 saturated carbocycles. The SMILES string of the molecule is CN1C(=O)c2ccc(F)n2-c2cc(Br)ccc2C12CC2. The van der Waals surface area contributed by atoms with Crippen molar-refractivity contribution in [2.45, 2.75) is 18.4 Å². The average molecular weight is 335 g/mol. The smallest absolute Gasteiger partial charge is 0.271 e. The maximum Gasteiger partial charge on any atom is 0.271 e. The highest BCUT2D eigenvalue weighted by molar-refractivity contribution is 9.10. The van der Waals surface area contributed by atoms with E-state index in [2.05, 4.69) is 15.9 Å². The number of carbonyl (C=O) groups excluding carboxylic acids is 1. The van der Waals surface area contributed by atoms with Gasteiger partial charge in [-0.15, -0.1) is 0 Å². The van der Waals surface area contributed by atoms with E-state index < -0.39 is 5.95 Å². The van der Waals surface area contributed by atoms with Gasteiger partial charge in [0.1, 0.15) is 5.69 Å². The van der Waals surface area contributed by atoms with Gasteiger partial charge < -0.3 is 4.90 Å². The molecule has 1 fully saturated rings. The molecule has 0 radical (unpaired) electrons. The van der Waals surface area contributed by atoms with E-state index in [4.69, 9.17) is 0 Å². The van der Waals surface area contributed by atoms with E-state index in [9.17, 15) is 9.18 Å². The van der Waals surface area contributed by atoms with Crippen LogP contribution in [0.25, 0.3) is 5.69 Å². The molecule has 1 aliphatic carbocycles. The minimum Gasteiger partial charge on any atom is -0.331 e. The second-order valence-electron chi connectivity index (χ2n) is 5.43. The molecule has 1 aromatic heterocycles. The third kappa shape index (κ3) is 1.36. The number of amides is 1. The minimum atomic E-state index is -0.404. The molecular formula is C15H12BrFN2O. The maximum atomic E-state index is 14.2. The van der Waals surface area contributed by atoms with Crippen molar-refractivity contribution in [2.75, 3.05) is 7.05 Å². The summed E-state index contributed by atoms with van der Waals surface area (Å²) in [5.74, 6) is -0.530. The number of benzene rings is 1. The molecule has 102 valence electrons. The van der Waals surface area contributed by atoms with Crippen LogP contribution in [-0.4, -0.2) is 22.4 Å². The van der Waals surface area contributed by atoms with Crippen molar-refractivity contribution in [2.24, 2.45) is 0 Å². The fourth-order valence-corrected chi connectivity index (χ4v) is 3.53. The predicted molar refractivity (Wildman–Crippen MR) is 76.4 cm³/mol. The Labute approximate surface area is 124 Å². The lowest BCUT2D eigenvalue weighted by atomic mass is 10.0. The number of halogens is 2. The van der Waals surface area contributed by atoms with Crippen molar-refractivity contribution < 1.29 is 9.18 Å². The van der Waals surface area contributed by atoms with E-state index >= 15 is 0 Å². The summed E-state index contributed by atoms with van der Waals surface area (Å²) in [6, 6.07) is 8.72. The van der Waals surface area contributed by atoms with Crippen LogP contribution < -0.4 is 0 Å². The molecule has 0 unspecified atom stereocenters. The third-order valence-corrected chi connectivity index (χ3v) is 4.92. The Morgan fingerprint density at radius 1 is 1.25 bits per heavy atom. The monoisotopic (exact) mass is 334 g/mol. The minimum absolute atomic E-state index is 0.126. The van der Waals surface area contributed by atoms with Gasteiger partial charge in [0, 0.05) is 17.1 Å². The molecule has 0 atom stereocenters. The van der Waals surface area contributed by atoms with Crippen molar-refractivity contribution >= 4 is 21.8 Å². The van der Waals surface area contributed by atoms with Crippen LogP contribution >= 0.6 is 15.9 Å². The molecule has 0 N–H and O–H groups in total. The quantitative estimate of drug-likeness (QED) is 0.724. The van der Waals surface area contributed by atoms with Crippen LogP contribution in [0.15, 0.2) is 34.8 Å². The zero-order valence-electron chi connectivity index (χ0n) is 10.9. The summed E-state index contributed by atoms with van der Waals surface area (Å²) in [5, 5.41) is 0. The summed E-state index contributed by atoms with van der Waals surface area (Å²) in [6.07, 6.45) is 1.85. The van der Waals surface area contributed by atoms with Crippen molar-refractivity contribution in [3.8, 4) is 5.69 Å². The van der Waals surface area contributed by atoms with Crippen LogP contribution in [0, 0.1) is 5.95 Å². The maximum absolute atomic E-state index is 14.2. The molecule has 0 bridgehead atoms. The van der Waals surface area contributed by atoms with Crippen LogP contribution in [0.1, 0.15) is 28.9 Å². The highest BCUT2D eigenvalue weighted by Gasteiger charge is 2.53. The third-order valence-electron chi connectivity index (χ3n) is 4.42. The Morgan fingerprint density at radius 2 is 2.00 bits per heavy atom. The highest BCUT2D eigenvalue weighted by Crippen LogP contribution is 2.54. The summed E-state index contributed by atoms with van der Waals surface area (Å²) in [7, 11) is 1.81. The number of carbonyl (C=O) groups is 1. The van der Waals surface area contributed by atoms with Gasteiger partial charge >= 0.3 is 0 Å². The number of fused-ring (bicyclic) bond motifs is 4. The molecule has 1 aromatic carbocycles. The van der Waals surface area contributed by atoms with E-state index in [0.717, 1.165) is 28.6 Å². The van der Waals surface area contributed by atoms with Gasteiger partial charge in [0.05, 0.1) is 11.2 Å². The van der Waals surface area contributed by atoms with E-state index in [1.165, 1.54) is 10.6 Å². The molecule has 2 aliphatic rings.